The van der Waals surface area contributed by atoms with E-state index in [1.165, 1.54) is 0 Å². The summed E-state index contributed by atoms with van der Waals surface area (Å²) in [7, 11) is 0. The van der Waals surface area contributed by atoms with Gasteiger partial charge in [-0.05, 0) is 24.6 Å². The van der Waals surface area contributed by atoms with Crippen LogP contribution in [0.3, 0.4) is 0 Å². The first-order valence-corrected chi connectivity index (χ1v) is 5.77. The normalized spacial score (nSPS) is 12.5. The van der Waals surface area contributed by atoms with E-state index in [4.69, 9.17) is 5.73 Å². The van der Waals surface area contributed by atoms with Gasteiger partial charge in [0.05, 0.1) is 0 Å². The standard InChI is InChI=1S/C11H17BrN2/c1-2-4-11(8-13)14-10-6-3-5-9(12)7-10/h3,5-7,11,14H,2,4,8,13H2,1H3. The quantitative estimate of drug-likeness (QED) is 0.851. The Balaban J connectivity index is 2.57. The van der Waals surface area contributed by atoms with Crippen molar-refractivity contribution in [3.8, 4) is 0 Å². The number of benzene rings is 1. The zero-order valence-electron chi connectivity index (χ0n) is 8.46. The van der Waals surface area contributed by atoms with Gasteiger partial charge in [0.1, 0.15) is 0 Å². The summed E-state index contributed by atoms with van der Waals surface area (Å²) < 4.78 is 1.09. The van der Waals surface area contributed by atoms with Gasteiger partial charge in [-0.1, -0.05) is 35.3 Å². The Morgan fingerprint density at radius 2 is 2.29 bits per heavy atom. The maximum Gasteiger partial charge on any atom is 0.0383 e. The molecule has 1 atom stereocenters. The second-order valence-corrected chi connectivity index (χ2v) is 4.29. The molecule has 3 heteroatoms. The van der Waals surface area contributed by atoms with E-state index in [2.05, 4.69) is 40.3 Å². The zero-order valence-corrected chi connectivity index (χ0v) is 10.0. The minimum absolute atomic E-state index is 0.384. The third-order valence-corrected chi connectivity index (χ3v) is 2.61. The number of halogens is 1. The van der Waals surface area contributed by atoms with Crippen LogP contribution in [0.4, 0.5) is 5.69 Å². The lowest BCUT2D eigenvalue weighted by atomic mass is 10.1. The number of hydrogen-bond acceptors (Lipinski definition) is 2. The van der Waals surface area contributed by atoms with Gasteiger partial charge in [0.25, 0.3) is 0 Å². The molecule has 1 rings (SSSR count). The lowest BCUT2D eigenvalue weighted by Gasteiger charge is -2.17. The molecule has 0 aliphatic carbocycles. The molecular formula is C11H17BrN2. The van der Waals surface area contributed by atoms with Gasteiger partial charge in [-0.15, -0.1) is 0 Å². The molecule has 1 aromatic rings. The molecular weight excluding hydrogens is 240 g/mol. The number of anilines is 1. The third-order valence-electron chi connectivity index (χ3n) is 2.12. The van der Waals surface area contributed by atoms with Crippen molar-refractivity contribution in [2.75, 3.05) is 11.9 Å². The van der Waals surface area contributed by atoms with Gasteiger partial charge < -0.3 is 11.1 Å². The lowest BCUT2D eigenvalue weighted by molar-refractivity contribution is 0.648. The van der Waals surface area contributed by atoms with E-state index < -0.39 is 0 Å². The smallest absolute Gasteiger partial charge is 0.0383 e. The summed E-state index contributed by atoms with van der Waals surface area (Å²) in [6.07, 6.45) is 2.27. The average Bonchev–Trinajstić information content (AvgIpc) is 2.17. The number of nitrogens with one attached hydrogen (secondary N) is 1. The Morgan fingerprint density at radius 1 is 1.50 bits per heavy atom. The molecule has 1 unspecified atom stereocenters. The van der Waals surface area contributed by atoms with E-state index in [1.54, 1.807) is 0 Å². The number of hydrogen-bond donors (Lipinski definition) is 2. The highest BCUT2D eigenvalue weighted by molar-refractivity contribution is 9.10. The van der Waals surface area contributed by atoms with Crippen molar-refractivity contribution in [3.05, 3.63) is 28.7 Å². The van der Waals surface area contributed by atoms with Gasteiger partial charge >= 0.3 is 0 Å². The zero-order chi connectivity index (χ0) is 10.4. The van der Waals surface area contributed by atoms with Crippen molar-refractivity contribution in [3.63, 3.8) is 0 Å². The van der Waals surface area contributed by atoms with Gasteiger partial charge in [0.15, 0.2) is 0 Å². The van der Waals surface area contributed by atoms with Crippen molar-refractivity contribution in [2.24, 2.45) is 5.73 Å². The second-order valence-electron chi connectivity index (χ2n) is 3.38. The highest BCUT2D eigenvalue weighted by Crippen LogP contribution is 2.17. The molecule has 0 spiro atoms. The molecule has 3 N–H and O–H groups in total. The highest BCUT2D eigenvalue weighted by Gasteiger charge is 2.04. The summed E-state index contributed by atoms with van der Waals surface area (Å²) in [5.74, 6) is 0. The van der Waals surface area contributed by atoms with Crippen LogP contribution in [0.15, 0.2) is 28.7 Å². The van der Waals surface area contributed by atoms with E-state index in [0.29, 0.717) is 12.6 Å². The molecule has 0 heterocycles. The maximum absolute atomic E-state index is 5.67. The van der Waals surface area contributed by atoms with E-state index in [0.717, 1.165) is 23.0 Å². The lowest BCUT2D eigenvalue weighted by Crippen LogP contribution is -2.28. The van der Waals surface area contributed by atoms with Gasteiger partial charge in [0, 0.05) is 22.7 Å². The predicted octanol–water partition coefficient (Wildman–Crippen LogP) is 2.99. The van der Waals surface area contributed by atoms with Gasteiger partial charge in [0.2, 0.25) is 0 Å². The summed E-state index contributed by atoms with van der Waals surface area (Å²) in [5.41, 5.74) is 6.80. The van der Waals surface area contributed by atoms with Crippen LogP contribution in [0, 0.1) is 0 Å². The summed E-state index contributed by atoms with van der Waals surface area (Å²) in [4.78, 5) is 0. The summed E-state index contributed by atoms with van der Waals surface area (Å²) >= 11 is 3.44. The summed E-state index contributed by atoms with van der Waals surface area (Å²) in [6.45, 7) is 2.85. The Labute approximate surface area is 94.0 Å². The Morgan fingerprint density at radius 3 is 2.86 bits per heavy atom. The van der Waals surface area contributed by atoms with Crippen molar-refractivity contribution < 1.29 is 0 Å². The SMILES string of the molecule is CCCC(CN)Nc1cccc(Br)c1. The van der Waals surface area contributed by atoms with Gasteiger partial charge in [-0.2, -0.15) is 0 Å². The molecule has 0 saturated carbocycles. The van der Waals surface area contributed by atoms with Crippen molar-refractivity contribution in [1.82, 2.24) is 0 Å². The molecule has 2 nitrogen and oxygen atoms in total. The van der Waals surface area contributed by atoms with E-state index in [1.807, 2.05) is 12.1 Å². The predicted molar refractivity (Wildman–Crippen MR) is 65.5 cm³/mol. The molecule has 0 bridgehead atoms. The molecule has 0 radical (unpaired) electrons. The minimum Gasteiger partial charge on any atom is -0.381 e. The van der Waals surface area contributed by atoms with Crippen LogP contribution in [-0.2, 0) is 0 Å². The first-order chi connectivity index (χ1) is 6.76. The fourth-order valence-corrected chi connectivity index (χ4v) is 1.81. The molecule has 0 aromatic heterocycles. The van der Waals surface area contributed by atoms with E-state index in [9.17, 15) is 0 Å². The van der Waals surface area contributed by atoms with Crippen LogP contribution in [-0.4, -0.2) is 12.6 Å². The molecule has 14 heavy (non-hydrogen) atoms. The molecule has 78 valence electrons. The van der Waals surface area contributed by atoms with Gasteiger partial charge in [-0.25, -0.2) is 0 Å². The Bertz CT molecular complexity index is 276. The molecule has 0 fully saturated rings. The largest absolute Gasteiger partial charge is 0.381 e. The maximum atomic E-state index is 5.67. The molecule has 1 aromatic carbocycles. The van der Waals surface area contributed by atoms with Crippen molar-refractivity contribution >= 4 is 21.6 Å². The Hall–Kier alpha value is -0.540. The van der Waals surface area contributed by atoms with Crippen molar-refractivity contribution in [1.29, 1.82) is 0 Å². The number of nitrogens with two attached hydrogens (primary N) is 1. The average molecular weight is 257 g/mol. The van der Waals surface area contributed by atoms with Crippen LogP contribution in [0.1, 0.15) is 19.8 Å². The highest BCUT2D eigenvalue weighted by atomic mass is 79.9. The van der Waals surface area contributed by atoms with Crippen LogP contribution in [0.25, 0.3) is 0 Å². The molecule has 0 saturated heterocycles. The second kappa shape index (κ2) is 6.04. The first kappa shape index (κ1) is 11.5. The molecule has 0 amide bonds. The first-order valence-electron chi connectivity index (χ1n) is 4.98. The Kier molecular flexibility index (Phi) is 4.98. The summed E-state index contributed by atoms with van der Waals surface area (Å²) in [5, 5.41) is 3.42. The van der Waals surface area contributed by atoms with Crippen molar-refractivity contribution in [2.45, 2.75) is 25.8 Å². The topological polar surface area (TPSA) is 38.0 Å². The fourth-order valence-electron chi connectivity index (χ4n) is 1.41. The van der Waals surface area contributed by atoms with Crippen LogP contribution >= 0.6 is 15.9 Å². The summed E-state index contributed by atoms with van der Waals surface area (Å²) in [6, 6.07) is 8.55. The van der Waals surface area contributed by atoms with Crippen LogP contribution < -0.4 is 11.1 Å². The van der Waals surface area contributed by atoms with E-state index in [-0.39, 0.29) is 0 Å². The van der Waals surface area contributed by atoms with Crippen LogP contribution in [0.5, 0.6) is 0 Å². The minimum atomic E-state index is 0.384. The van der Waals surface area contributed by atoms with E-state index >= 15 is 0 Å². The third kappa shape index (κ3) is 3.68. The molecule has 0 aliphatic heterocycles. The fraction of sp³-hybridized carbons (Fsp3) is 0.455. The molecule has 0 aliphatic rings. The number of rotatable bonds is 5. The van der Waals surface area contributed by atoms with Crippen LogP contribution in [0.2, 0.25) is 0 Å². The monoisotopic (exact) mass is 256 g/mol. The van der Waals surface area contributed by atoms with Gasteiger partial charge in [-0.3, -0.25) is 0 Å².